The van der Waals surface area contributed by atoms with Crippen LogP contribution in [0.4, 0.5) is 0 Å². The van der Waals surface area contributed by atoms with E-state index >= 15 is 0 Å². The molecule has 4 nitrogen and oxygen atoms in total. The van der Waals surface area contributed by atoms with Crippen LogP contribution in [-0.2, 0) is 0 Å². The maximum atomic E-state index is 5.58. The highest BCUT2D eigenvalue weighted by molar-refractivity contribution is 5.53. The molecule has 0 bridgehead atoms. The molecule has 22 heavy (non-hydrogen) atoms. The molecule has 2 aromatic heterocycles. The summed E-state index contributed by atoms with van der Waals surface area (Å²) in [6.45, 7) is 0. The Kier molecular flexibility index (Phi) is 4.00. The van der Waals surface area contributed by atoms with E-state index in [-0.39, 0.29) is 0 Å². The Bertz CT molecular complexity index is 550. The fourth-order valence-electron chi connectivity index (χ4n) is 3.98. The van der Waals surface area contributed by atoms with Crippen molar-refractivity contribution in [1.82, 2.24) is 10.3 Å². The van der Waals surface area contributed by atoms with Gasteiger partial charge >= 0.3 is 0 Å². The van der Waals surface area contributed by atoms with Gasteiger partial charge in [-0.15, -0.1) is 0 Å². The molecule has 118 valence electrons. The summed E-state index contributed by atoms with van der Waals surface area (Å²) in [6.07, 6.45) is 12.8. The third kappa shape index (κ3) is 2.83. The first-order chi connectivity index (χ1) is 10.9. The predicted octanol–water partition coefficient (Wildman–Crippen LogP) is 5.43. The average Bonchev–Trinajstić information content (AvgIpc) is 3.26. The van der Waals surface area contributed by atoms with Gasteiger partial charge in [-0.1, -0.05) is 48.8 Å². The zero-order valence-electron chi connectivity index (χ0n) is 13.1. The lowest BCUT2D eigenvalue weighted by molar-refractivity contribution is 0.319. The van der Waals surface area contributed by atoms with Crippen molar-refractivity contribution in [2.75, 3.05) is 0 Å². The molecule has 2 heterocycles. The van der Waals surface area contributed by atoms with Crippen LogP contribution >= 0.6 is 0 Å². The molecule has 0 amide bonds. The summed E-state index contributed by atoms with van der Waals surface area (Å²) in [5.74, 6) is 3.13. The van der Waals surface area contributed by atoms with Gasteiger partial charge in [0, 0.05) is 24.0 Å². The first kappa shape index (κ1) is 14.0. The quantitative estimate of drug-likeness (QED) is 0.759. The lowest BCUT2D eigenvalue weighted by Gasteiger charge is -2.18. The molecular weight excluding hydrogens is 276 g/mol. The van der Waals surface area contributed by atoms with Gasteiger partial charge < -0.3 is 9.05 Å². The van der Waals surface area contributed by atoms with Crippen molar-refractivity contribution < 1.29 is 9.05 Å². The second-order valence-electron chi connectivity index (χ2n) is 6.90. The zero-order chi connectivity index (χ0) is 14.8. The third-order valence-corrected chi connectivity index (χ3v) is 5.33. The van der Waals surface area contributed by atoms with Crippen LogP contribution in [0.3, 0.4) is 0 Å². The van der Waals surface area contributed by atoms with Crippen molar-refractivity contribution >= 4 is 0 Å². The molecule has 0 aromatic carbocycles. The van der Waals surface area contributed by atoms with Crippen LogP contribution < -0.4 is 0 Å². The lowest BCUT2D eigenvalue weighted by Crippen LogP contribution is -2.03. The second kappa shape index (κ2) is 6.27. The van der Waals surface area contributed by atoms with Gasteiger partial charge in [-0.25, -0.2) is 0 Å². The summed E-state index contributed by atoms with van der Waals surface area (Å²) in [6, 6.07) is 4.14. The van der Waals surface area contributed by atoms with E-state index in [4.69, 9.17) is 9.05 Å². The van der Waals surface area contributed by atoms with Gasteiger partial charge in [-0.3, -0.25) is 0 Å². The van der Waals surface area contributed by atoms with Crippen LogP contribution in [0.2, 0.25) is 0 Å². The average molecular weight is 300 g/mol. The summed E-state index contributed by atoms with van der Waals surface area (Å²) < 4.78 is 11.2. The highest BCUT2D eigenvalue weighted by Gasteiger charge is 2.23. The van der Waals surface area contributed by atoms with Crippen LogP contribution in [0.25, 0.3) is 11.4 Å². The fraction of sp³-hybridized carbons (Fsp3) is 0.667. The van der Waals surface area contributed by atoms with Crippen molar-refractivity contribution in [1.29, 1.82) is 0 Å². The molecule has 0 aliphatic heterocycles. The fourth-order valence-corrected chi connectivity index (χ4v) is 3.98. The highest BCUT2D eigenvalue weighted by atomic mass is 16.5. The van der Waals surface area contributed by atoms with Gasteiger partial charge in [-0.2, -0.15) is 0 Å². The Morgan fingerprint density at radius 3 is 1.45 bits per heavy atom. The molecule has 2 fully saturated rings. The van der Waals surface area contributed by atoms with E-state index in [1.165, 1.54) is 64.2 Å². The standard InChI is InChI=1S/C18H24N2O2/c1-3-7-13(8-4-1)17-11-15(19-21-17)16-12-18(22-20-16)14-9-5-2-6-10-14/h11-14H,1-10H2. The zero-order valence-corrected chi connectivity index (χ0v) is 13.1. The third-order valence-electron chi connectivity index (χ3n) is 5.33. The minimum atomic E-state index is 0.541. The molecule has 0 N–H and O–H groups in total. The van der Waals surface area contributed by atoms with E-state index in [9.17, 15) is 0 Å². The molecule has 0 spiro atoms. The van der Waals surface area contributed by atoms with E-state index in [2.05, 4.69) is 22.4 Å². The Balaban J connectivity index is 1.50. The number of aromatic nitrogens is 2. The summed E-state index contributed by atoms with van der Waals surface area (Å²) in [5.41, 5.74) is 1.65. The molecule has 0 atom stereocenters. The van der Waals surface area contributed by atoms with Gasteiger partial charge in [0.2, 0.25) is 0 Å². The van der Waals surface area contributed by atoms with Gasteiger partial charge in [0.25, 0.3) is 0 Å². The van der Waals surface area contributed by atoms with Crippen LogP contribution in [-0.4, -0.2) is 10.3 Å². The van der Waals surface area contributed by atoms with E-state index in [0.717, 1.165) is 22.9 Å². The summed E-state index contributed by atoms with van der Waals surface area (Å²) in [4.78, 5) is 0. The van der Waals surface area contributed by atoms with Crippen LogP contribution in [0.1, 0.15) is 87.6 Å². The highest BCUT2D eigenvalue weighted by Crippen LogP contribution is 2.36. The normalized spacial score (nSPS) is 21.3. The largest absolute Gasteiger partial charge is 0.360 e. The molecule has 0 unspecified atom stereocenters. The van der Waals surface area contributed by atoms with Crippen LogP contribution in [0, 0.1) is 0 Å². The monoisotopic (exact) mass is 300 g/mol. The molecule has 4 rings (SSSR count). The minimum Gasteiger partial charge on any atom is -0.360 e. The van der Waals surface area contributed by atoms with E-state index in [1.54, 1.807) is 0 Å². The number of hydrogen-bond acceptors (Lipinski definition) is 4. The first-order valence-corrected chi connectivity index (χ1v) is 8.84. The first-order valence-electron chi connectivity index (χ1n) is 8.84. The molecule has 2 aromatic rings. The Labute approximate surface area is 131 Å². The van der Waals surface area contributed by atoms with Crippen molar-refractivity contribution in [2.45, 2.75) is 76.0 Å². The van der Waals surface area contributed by atoms with Crippen LogP contribution in [0.15, 0.2) is 21.2 Å². The SMILES string of the molecule is c1c(-c2cc(C3CCCCC3)on2)noc1C1CCCCC1. The van der Waals surface area contributed by atoms with Gasteiger partial charge in [0.05, 0.1) is 0 Å². The molecule has 2 aliphatic rings. The predicted molar refractivity (Wildman–Crippen MR) is 83.7 cm³/mol. The van der Waals surface area contributed by atoms with Crippen molar-refractivity contribution in [3.63, 3.8) is 0 Å². The lowest BCUT2D eigenvalue weighted by atomic mass is 9.87. The van der Waals surface area contributed by atoms with E-state index < -0.39 is 0 Å². The van der Waals surface area contributed by atoms with E-state index in [0.29, 0.717) is 11.8 Å². The Hall–Kier alpha value is -1.58. The minimum absolute atomic E-state index is 0.541. The summed E-state index contributed by atoms with van der Waals surface area (Å²) in [7, 11) is 0. The van der Waals surface area contributed by atoms with Gasteiger partial charge in [0.15, 0.2) is 0 Å². The molecule has 2 saturated carbocycles. The number of nitrogens with zero attached hydrogens (tertiary/aromatic N) is 2. The molecule has 4 heteroatoms. The molecule has 2 aliphatic carbocycles. The van der Waals surface area contributed by atoms with E-state index in [1.807, 2.05) is 0 Å². The van der Waals surface area contributed by atoms with Crippen LogP contribution in [0.5, 0.6) is 0 Å². The molecule has 0 radical (unpaired) electrons. The van der Waals surface area contributed by atoms with Gasteiger partial charge in [-0.05, 0) is 25.7 Å². The van der Waals surface area contributed by atoms with Crippen molar-refractivity contribution in [3.05, 3.63) is 23.7 Å². The Morgan fingerprint density at radius 1 is 0.636 bits per heavy atom. The van der Waals surface area contributed by atoms with Gasteiger partial charge in [0.1, 0.15) is 22.9 Å². The van der Waals surface area contributed by atoms with Crippen molar-refractivity contribution in [2.24, 2.45) is 0 Å². The topological polar surface area (TPSA) is 52.1 Å². The number of rotatable bonds is 3. The summed E-state index contributed by atoms with van der Waals surface area (Å²) >= 11 is 0. The Morgan fingerprint density at radius 2 is 1.05 bits per heavy atom. The van der Waals surface area contributed by atoms with Crippen molar-refractivity contribution in [3.8, 4) is 11.4 Å². The molecular formula is C18H24N2O2. The number of hydrogen-bond donors (Lipinski definition) is 0. The maximum Gasteiger partial charge on any atom is 0.140 e. The summed E-state index contributed by atoms with van der Waals surface area (Å²) in [5, 5.41) is 8.45. The molecule has 0 saturated heterocycles. The smallest absolute Gasteiger partial charge is 0.140 e. The second-order valence-corrected chi connectivity index (χ2v) is 6.90. The maximum absolute atomic E-state index is 5.58.